The van der Waals surface area contributed by atoms with Crippen LogP contribution in [0.4, 0.5) is 5.13 Å². The van der Waals surface area contributed by atoms with Crippen molar-refractivity contribution in [3.63, 3.8) is 0 Å². The van der Waals surface area contributed by atoms with Gasteiger partial charge in [0.2, 0.25) is 0 Å². The molecule has 1 N–H and O–H groups in total. The molecule has 4 nitrogen and oxygen atoms in total. The van der Waals surface area contributed by atoms with Crippen molar-refractivity contribution in [1.29, 1.82) is 0 Å². The van der Waals surface area contributed by atoms with E-state index in [2.05, 4.69) is 23.3 Å². The Kier molecular flexibility index (Phi) is 4.83. The first-order valence-electron chi connectivity index (χ1n) is 8.97. The second kappa shape index (κ2) is 7.40. The van der Waals surface area contributed by atoms with Gasteiger partial charge in [-0.1, -0.05) is 30.6 Å². The molecule has 0 atom stereocenters. The van der Waals surface area contributed by atoms with Gasteiger partial charge in [-0.25, -0.2) is 4.98 Å². The minimum atomic E-state index is 0.561. The maximum atomic E-state index is 5.97. The number of benzene rings is 1. The van der Waals surface area contributed by atoms with Crippen molar-refractivity contribution < 1.29 is 4.74 Å². The maximum absolute atomic E-state index is 5.97. The van der Waals surface area contributed by atoms with E-state index in [1.807, 2.05) is 24.4 Å². The van der Waals surface area contributed by atoms with Crippen molar-refractivity contribution in [1.82, 2.24) is 9.97 Å². The van der Waals surface area contributed by atoms with E-state index in [9.17, 15) is 0 Å². The first-order chi connectivity index (χ1) is 12.3. The summed E-state index contributed by atoms with van der Waals surface area (Å²) in [5.74, 6) is 0.886. The minimum Gasteiger partial charge on any atom is -0.489 e. The SMILES string of the molecule is Cc1cnccc1COc1ccc2nc(NC3CCCCC3)sc2c1. The quantitative estimate of drug-likeness (QED) is 0.674. The second-order valence-corrected chi connectivity index (χ2v) is 7.75. The molecule has 0 aliphatic heterocycles. The molecule has 0 radical (unpaired) electrons. The molecule has 1 aromatic carbocycles. The number of ether oxygens (including phenoxy) is 1. The number of anilines is 1. The number of nitrogens with zero attached hydrogens (tertiary/aromatic N) is 2. The molecule has 0 spiro atoms. The summed E-state index contributed by atoms with van der Waals surface area (Å²) in [6.45, 7) is 2.62. The van der Waals surface area contributed by atoms with E-state index in [-0.39, 0.29) is 0 Å². The molecule has 3 aromatic rings. The van der Waals surface area contributed by atoms with Gasteiger partial charge in [-0.15, -0.1) is 0 Å². The van der Waals surface area contributed by atoms with Crippen LogP contribution in [-0.2, 0) is 6.61 Å². The lowest BCUT2D eigenvalue weighted by Crippen LogP contribution is -2.21. The highest BCUT2D eigenvalue weighted by Gasteiger charge is 2.15. The molecule has 2 heterocycles. The number of aryl methyl sites for hydroxylation is 1. The summed E-state index contributed by atoms with van der Waals surface area (Å²) < 4.78 is 7.14. The molecule has 0 amide bonds. The molecule has 1 aliphatic carbocycles. The van der Waals surface area contributed by atoms with Gasteiger partial charge in [0.1, 0.15) is 12.4 Å². The van der Waals surface area contributed by atoms with Crippen molar-refractivity contribution in [2.45, 2.75) is 51.7 Å². The Labute approximate surface area is 152 Å². The topological polar surface area (TPSA) is 47.0 Å². The number of hydrogen-bond acceptors (Lipinski definition) is 5. The zero-order valence-electron chi connectivity index (χ0n) is 14.5. The summed E-state index contributed by atoms with van der Waals surface area (Å²) in [6, 6.07) is 8.73. The predicted octanol–water partition coefficient (Wildman–Crippen LogP) is 5.32. The first-order valence-corrected chi connectivity index (χ1v) is 9.79. The van der Waals surface area contributed by atoms with Crippen LogP contribution >= 0.6 is 11.3 Å². The van der Waals surface area contributed by atoms with Gasteiger partial charge in [0.15, 0.2) is 5.13 Å². The highest BCUT2D eigenvalue weighted by atomic mass is 32.1. The van der Waals surface area contributed by atoms with Gasteiger partial charge in [0.25, 0.3) is 0 Å². The molecule has 25 heavy (non-hydrogen) atoms. The highest BCUT2D eigenvalue weighted by molar-refractivity contribution is 7.22. The molecule has 1 fully saturated rings. The zero-order chi connectivity index (χ0) is 17.1. The summed E-state index contributed by atoms with van der Waals surface area (Å²) in [5, 5.41) is 4.65. The van der Waals surface area contributed by atoms with Crippen LogP contribution in [0.2, 0.25) is 0 Å². The number of nitrogens with one attached hydrogen (secondary N) is 1. The molecule has 0 unspecified atom stereocenters. The molecular formula is C20H23N3OS. The Morgan fingerprint density at radius 1 is 1.20 bits per heavy atom. The Hall–Kier alpha value is -2.14. The third-order valence-electron chi connectivity index (χ3n) is 4.82. The lowest BCUT2D eigenvalue weighted by Gasteiger charge is -2.22. The van der Waals surface area contributed by atoms with Crippen LogP contribution in [0.15, 0.2) is 36.7 Å². The standard InChI is InChI=1S/C20H23N3OS/c1-14-12-21-10-9-15(14)13-24-17-7-8-18-19(11-17)25-20(23-18)22-16-5-3-2-4-6-16/h7-12,16H,2-6,13H2,1H3,(H,22,23). The van der Waals surface area contributed by atoms with Gasteiger partial charge in [0, 0.05) is 18.4 Å². The van der Waals surface area contributed by atoms with E-state index in [1.165, 1.54) is 42.4 Å². The van der Waals surface area contributed by atoms with Gasteiger partial charge in [0.05, 0.1) is 10.2 Å². The first kappa shape index (κ1) is 16.3. The summed E-state index contributed by atoms with van der Waals surface area (Å²) >= 11 is 1.72. The van der Waals surface area contributed by atoms with Crippen molar-refractivity contribution in [3.8, 4) is 5.75 Å². The van der Waals surface area contributed by atoms with Crippen LogP contribution in [0.25, 0.3) is 10.2 Å². The predicted molar refractivity (Wildman–Crippen MR) is 103 cm³/mol. The monoisotopic (exact) mass is 353 g/mol. The molecule has 1 aliphatic rings. The normalized spacial score (nSPS) is 15.4. The van der Waals surface area contributed by atoms with Crippen LogP contribution in [-0.4, -0.2) is 16.0 Å². The fraction of sp³-hybridized carbons (Fsp3) is 0.400. The number of hydrogen-bond donors (Lipinski definition) is 1. The summed E-state index contributed by atoms with van der Waals surface area (Å²) in [4.78, 5) is 8.85. The van der Waals surface area contributed by atoms with Crippen molar-refractivity contribution in [2.75, 3.05) is 5.32 Å². The van der Waals surface area contributed by atoms with Gasteiger partial charge >= 0.3 is 0 Å². The maximum Gasteiger partial charge on any atom is 0.184 e. The molecule has 1 saturated carbocycles. The third kappa shape index (κ3) is 3.93. The van der Waals surface area contributed by atoms with E-state index in [1.54, 1.807) is 17.5 Å². The van der Waals surface area contributed by atoms with Crippen molar-refractivity contribution in [2.24, 2.45) is 0 Å². The average Bonchev–Trinajstić information content (AvgIpc) is 3.03. The van der Waals surface area contributed by atoms with Crippen molar-refractivity contribution >= 4 is 26.7 Å². The summed E-state index contributed by atoms with van der Waals surface area (Å²) in [5.41, 5.74) is 3.36. The van der Waals surface area contributed by atoms with Crippen LogP contribution < -0.4 is 10.1 Å². The van der Waals surface area contributed by atoms with E-state index in [4.69, 9.17) is 9.72 Å². The Morgan fingerprint density at radius 2 is 2.08 bits per heavy atom. The van der Waals surface area contributed by atoms with Crippen LogP contribution in [0.3, 0.4) is 0 Å². The van der Waals surface area contributed by atoms with Crippen LogP contribution in [0.1, 0.15) is 43.2 Å². The lowest BCUT2D eigenvalue weighted by molar-refractivity contribution is 0.306. The number of rotatable bonds is 5. The Morgan fingerprint density at radius 3 is 2.92 bits per heavy atom. The third-order valence-corrected chi connectivity index (χ3v) is 5.77. The van der Waals surface area contributed by atoms with E-state index in [0.29, 0.717) is 12.6 Å². The van der Waals surface area contributed by atoms with Crippen molar-refractivity contribution in [3.05, 3.63) is 47.8 Å². The van der Waals surface area contributed by atoms with Gasteiger partial charge in [-0.05, 0) is 55.2 Å². The number of thiazole rings is 1. The van der Waals surface area contributed by atoms with E-state index in [0.717, 1.165) is 22.0 Å². The Bertz CT molecular complexity index is 855. The summed E-state index contributed by atoms with van der Waals surface area (Å²) in [6.07, 6.45) is 10.2. The van der Waals surface area contributed by atoms with Gasteiger partial charge in [-0.2, -0.15) is 0 Å². The molecular weight excluding hydrogens is 330 g/mol. The summed E-state index contributed by atoms with van der Waals surface area (Å²) in [7, 11) is 0. The second-order valence-electron chi connectivity index (χ2n) is 6.72. The highest BCUT2D eigenvalue weighted by Crippen LogP contribution is 2.31. The van der Waals surface area contributed by atoms with Gasteiger partial charge < -0.3 is 10.1 Å². The number of pyridine rings is 1. The number of aromatic nitrogens is 2. The molecule has 0 saturated heterocycles. The fourth-order valence-corrected chi connectivity index (χ4v) is 4.27. The van der Waals surface area contributed by atoms with Crippen LogP contribution in [0, 0.1) is 6.92 Å². The van der Waals surface area contributed by atoms with E-state index < -0.39 is 0 Å². The molecule has 0 bridgehead atoms. The molecule has 4 rings (SSSR count). The van der Waals surface area contributed by atoms with E-state index >= 15 is 0 Å². The zero-order valence-corrected chi connectivity index (χ0v) is 15.3. The van der Waals surface area contributed by atoms with Crippen LogP contribution in [0.5, 0.6) is 5.75 Å². The largest absolute Gasteiger partial charge is 0.489 e. The molecule has 5 heteroatoms. The minimum absolute atomic E-state index is 0.561. The van der Waals surface area contributed by atoms with Gasteiger partial charge in [-0.3, -0.25) is 4.98 Å². The fourth-order valence-electron chi connectivity index (χ4n) is 3.30. The Balaban J connectivity index is 1.45. The number of fused-ring (bicyclic) bond motifs is 1. The smallest absolute Gasteiger partial charge is 0.184 e. The average molecular weight is 353 g/mol. The lowest BCUT2D eigenvalue weighted by atomic mass is 9.96. The molecule has 2 aromatic heterocycles. The molecule has 130 valence electrons.